The number of nitrogens with two attached hydrogens (primary N) is 1. The number of β-amino-alcohol motifs (C(OH)–C–C–N with tert-alkyl or cyclic N) is 1. The molecule has 5 heteroatoms. The van der Waals surface area contributed by atoms with Crippen LogP contribution < -0.4 is 5.73 Å². The highest BCUT2D eigenvalue weighted by molar-refractivity contribution is 5.77. The summed E-state index contributed by atoms with van der Waals surface area (Å²) in [7, 11) is 4.00. The number of amides is 1. The Hall–Kier alpha value is -0.650. The van der Waals surface area contributed by atoms with E-state index in [1.165, 1.54) is 0 Å². The van der Waals surface area contributed by atoms with Crippen molar-refractivity contribution in [3.8, 4) is 0 Å². The molecule has 0 aliphatic carbocycles. The van der Waals surface area contributed by atoms with Gasteiger partial charge in [0.15, 0.2) is 0 Å². The van der Waals surface area contributed by atoms with E-state index in [4.69, 9.17) is 5.73 Å². The van der Waals surface area contributed by atoms with Crippen molar-refractivity contribution in [1.82, 2.24) is 9.80 Å². The quantitative estimate of drug-likeness (QED) is 0.687. The average Bonchev–Trinajstić information content (AvgIpc) is 2.74. The Balaban J connectivity index is 2.47. The van der Waals surface area contributed by atoms with Crippen molar-refractivity contribution < 1.29 is 9.90 Å². The van der Waals surface area contributed by atoms with Gasteiger partial charge in [0.1, 0.15) is 0 Å². The van der Waals surface area contributed by atoms with Crippen molar-refractivity contribution in [2.45, 2.75) is 51.2 Å². The minimum absolute atomic E-state index is 0.155. The third kappa shape index (κ3) is 5.38. The smallest absolute Gasteiger partial charge is 0.222 e. The largest absolute Gasteiger partial charge is 0.391 e. The summed E-state index contributed by atoms with van der Waals surface area (Å²) in [6.07, 6.45) is 3.89. The highest BCUT2D eigenvalue weighted by atomic mass is 16.3. The Kier molecular flexibility index (Phi) is 7.48. The van der Waals surface area contributed by atoms with Crippen LogP contribution in [0.15, 0.2) is 0 Å². The summed E-state index contributed by atoms with van der Waals surface area (Å²) in [5.74, 6) is 0.729. The summed E-state index contributed by atoms with van der Waals surface area (Å²) in [6, 6.07) is 0.155. The maximum Gasteiger partial charge on any atom is 0.222 e. The van der Waals surface area contributed by atoms with Crippen LogP contribution in [0.1, 0.15) is 39.0 Å². The molecule has 1 saturated heterocycles. The number of aliphatic hydroxyl groups is 1. The first-order chi connectivity index (χ1) is 9.47. The summed E-state index contributed by atoms with van der Waals surface area (Å²) in [5, 5.41) is 9.81. The predicted molar refractivity (Wildman–Crippen MR) is 81.4 cm³/mol. The molecule has 0 saturated carbocycles. The Morgan fingerprint density at radius 2 is 2.15 bits per heavy atom. The van der Waals surface area contributed by atoms with Gasteiger partial charge < -0.3 is 20.6 Å². The molecule has 20 heavy (non-hydrogen) atoms. The standard InChI is InChI=1S/C15H31N3O2/c1-4-12(7-8-16)5-6-15(20)18-11-14(19)9-13(18)10-17(2)3/h12-14,19H,4-11,16H2,1-3H3. The van der Waals surface area contributed by atoms with Crippen molar-refractivity contribution in [1.29, 1.82) is 0 Å². The number of likely N-dealkylation sites (tertiary alicyclic amines) is 1. The monoisotopic (exact) mass is 285 g/mol. The van der Waals surface area contributed by atoms with Crippen LogP contribution in [-0.2, 0) is 4.79 Å². The summed E-state index contributed by atoms with van der Waals surface area (Å²) in [5.41, 5.74) is 5.59. The van der Waals surface area contributed by atoms with Gasteiger partial charge in [-0.1, -0.05) is 13.3 Å². The molecule has 1 heterocycles. The van der Waals surface area contributed by atoms with Gasteiger partial charge in [0, 0.05) is 25.6 Å². The van der Waals surface area contributed by atoms with Gasteiger partial charge in [-0.05, 0) is 45.8 Å². The molecule has 3 atom stereocenters. The zero-order valence-corrected chi connectivity index (χ0v) is 13.2. The third-order valence-electron chi connectivity index (χ3n) is 4.21. The lowest BCUT2D eigenvalue weighted by molar-refractivity contribution is -0.132. The Bertz CT molecular complexity index is 297. The van der Waals surface area contributed by atoms with Gasteiger partial charge in [0.25, 0.3) is 0 Å². The van der Waals surface area contributed by atoms with Gasteiger partial charge in [0.2, 0.25) is 5.91 Å². The maximum absolute atomic E-state index is 12.4. The molecule has 0 bridgehead atoms. The molecule has 1 aliphatic rings. The van der Waals surface area contributed by atoms with Crippen molar-refractivity contribution in [3.63, 3.8) is 0 Å². The third-order valence-corrected chi connectivity index (χ3v) is 4.21. The van der Waals surface area contributed by atoms with Crippen LogP contribution in [0.25, 0.3) is 0 Å². The molecule has 118 valence electrons. The second-order valence-corrected chi connectivity index (χ2v) is 6.24. The molecule has 0 aromatic heterocycles. The lowest BCUT2D eigenvalue weighted by Gasteiger charge is -2.27. The number of likely N-dealkylation sites (N-methyl/N-ethyl adjacent to an activating group) is 1. The zero-order valence-electron chi connectivity index (χ0n) is 13.2. The molecule has 1 amide bonds. The number of carbonyl (C=O) groups excluding carboxylic acids is 1. The molecule has 3 unspecified atom stereocenters. The van der Waals surface area contributed by atoms with Crippen molar-refractivity contribution in [3.05, 3.63) is 0 Å². The minimum atomic E-state index is -0.366. The lowest BCUT2D eigenvalue weighted by atomic mass is 9.96. The lowest BCUT2D eigenvalue weighted by Crippen LogP contribution is -2.41. The van der Waals surface area contributed by atoms with Crippen LogP contribution in [-0.4, -0.2) is 66.7 Å². The fraction of sp³-hybridized carbons (Fsp3) is 0.933. The average molecular weight is 285 g/mol. The van der Waals surface area contributed by atoms with E-state index in [0.717, 1.165) is 25.8 Å². The Labute approximate surface area is 123 Å². The van der Waals surface area contributed by atoms with Gasteiger partial charge in [0.05, 0.1) is 6.10 Å². The molecule has 1 rings (SSSR count). The van der Waals surface area contributed by atoms with E-state index in [9.17, 15) is 9.90 Å². The molecule has 1 fully saturated rings. The molecule has 0 radical (unpaired) electrons. The van der Waals surface area contributed by atoms with E-state index in [2.05, 4.69) is 11.8 Å². The van der Waals surface area contributed by atoms with Gasteiger partial charge in [-0.25, -0.2) is 0 Å². The molecule has 0 aromatic carbocycles. The van der Waals surface area contributed by atoms with Crippen LogP contribution in [0, 0.1) is 5.92 Å². The fourth-order valence-corrected chi connectivity index (χ4v) is 3.05. The van der Waals surface area contributed by atoms with E-state index in [-0.39, 0.29) is 18.1 Å². The number of hydrogen-bond acceptors (Lipinski definition) is 4. The summed E-state index contributed by atoms with van der Waals surface area (Å²) < 4.78 is 0. The second kappa shape index (κ2) is 8.60. The highest BCUT2D eigenvalue weighted by Crippen LogP contribution is 2.22. The predicted octanol–water partition coefficient (Wildman–Crippen LogP) is 0.665. The van der Waals surface area contributed by atoms with Gasteiger partial charge in [-0.2, -0.15) is 0 Å². The van der Waals surface area contributed by atoms with E-state index in [1.807, 2.05) is 19.0 Å². The summed E-state index contributed by atoms with van der Waals surface area (Å²) in [4.78, 5) is 16.3. The van der Waals surface area contributed by atoms with Crippen LogP contribution in [0.2, 0.25) is 0 Å². The Morgan fingerprint density at radius 3 is 2.70 bits per heavy atom. The SMILES string of the molecule is CCC(CCN)CCC(=O)N1CC(O)CC1CN(C)C. The number of nitrogens with zero attached hydrogens (tertiary/aromatic N) is 2. The van der Waals surface area contributed by atoms with Gasteiger partial charge in [-0.15, -0.1) is 0 Å². The molecule has 0 aromatic rings. The number of hydrogen-bond donors (Lipinski definition) is 2. The van der Waals surface area contributed by atoms with Crippen molar-refractivity contribution >= 4 is 5.91 Å². The van der Waals surface area contributed by atoms with E-state index in [0.29, 0.717) is 31.8 Å². The van der Waals surface area contributed by atoms with E-state index < -0.39 is 0 Å². The number of rotatable bonds is 8. The zero-order chi connectivity index (χ0) is 15.1. The minimum Gasteiger partial charge on any atom is -0.391 e. The second-order valence-electron chi connectivity index (χ2n) is 6.24. The maximum atomic E-state index is 12.4. The molecular weight excluding hydrogens is 254 g/mol. The summed E-state index contributed by atoms with van der Waals surface area (Å²) in [6.45, 7) is 4.16. The van der Waals surface area contributed by atoms with E-state index >= 15 is 0 Å². The topological polar surface area (TPSA) is 69.8 Å². The van der Waals surface area contributed by atoms with Gasteiger partial charge >= 0.3 is 0 Å². The van der Waals surface area contributed by atoms with Crippen LogP contribution in [0.4, 0.5) is 0 Å². The molecular formula is C15H31N3O2. The first-order valence-corrected chi connectivity index (χ1v) is 7.80. The summed E-state index contributed by atoms with van der Waals surface area (Å²) >= 11 is 0. The molecule has 1 aliphatic heterocycles. The normalized spacial score (nSPS) is 24.4. The molecule has 0 spiro atoms. The van der Waals surface area contributed by atoms with Crippen LogP contribution in [0.3, 0.4) is 0 Å². The molecule has 3 N–H and O–H groups in total. The molecule has 5 nitrogen and oxygen atoms in total. The van der Waals surface area contributed by atoms with E-state index in [1.54, 1.807) is 0 Å². The van der Waals surface area contributed by atoms with Crippen LogP contribution >= 0.6 is 0 Å². The fourth-order valence-electron chi connectivity index (χ4n) is 3.05. The number of aliphatic hydroxyl groups excluding tert-OH is 1. The highest BCUT2D eigenvalue weighted by Gasteiger charge is 2.34. The first kappa shape index (κ1) is 17.4. The van der Waals surface area contributed by atoms with Gasteiger partial charge in [-0.3, -0.25) is 4.79 Å². The first-order valence-electron chi connectivity index (χ1n) is 7.80. The van der Waals surface area contributed by atoms with Crippen molar-refractivity contribution in [2.75, 3.05) is 33.7 Å². The number of carbonyl (C=O) groups is 1. The van der Waals surface area contributed by atoms with Crippen LogP contribution in [0.5, 0.6) is 0 Å². The van der Waals surface area contributed by atoms with Crippen molar-refractivity contribution in [2.24, 2.45) is 11.7 Å². The Morgan fingerprint density at radius 1 is 1.45 bits per heavy atom.